The maximum absolute atomic E-state index is 12.9. The van der Waals surface area contributed by atoms with Crippen molar-refractivity contribution in [3.8, 4) is 5.88 Å². The zero-order valence-electron chi connectivity index (χ0n) is 16.6. The minimum Gasteiger partial charge on any atom is -0.480 e. The van der Waals surface area contributed by atoms with Gasteiger partial charge in [-0.1, -0.05) is 23.2 Å². The Hall–Kier alpha value is -1.52. The Labute approximate surface area is 180 Å². The quantitative estimate of drug-likeness (QED) is 0.690. The molecule has 1 aliphatic heterocycles. The van der Waals surface area contributed by atoms with Gasteiger partial charge in [-0.3, -0.25) is 4.72 Å². The Morgan fingerprint density at radius 1 is 1.10 bits per heavy atom. The van der Waals surface area contributed by atoms with Crippen LogP contribution in [0.15, 0.2) is 35.4 Å². The number of pyridine rings is 1. The van der Waals surface area contributed by atoms with Crippen LogP contribution in [0.1, 0.15) is 27.7 Å². The number of nitrogens with one attached hydrogen (secondary N) is 1. The van der Waals surface area contributed by atoms with E-state index >= 15 is 0 Å². The van der Waals surface area contributed by atoms with Gasteiger partial charge in [0.25, 0.3) is 10.0 Å². The van der Waals surface area contributed by atoms with Crippen LogP contribution in [0.3, 0.4) is 0 Å². The molecule has 29 heavy (non-hydrogen) atoms. The monoisotopic (exact) mass is 458 g/mol. The molecule has 0 radical (unpaired) electrons. The summed E-state index contributed by atoms with van der Waals surface area (Å²) in [5.74, 6) is 0.0898. The van der Waals surface area contributed by atoms with Crippen LogP contribution in [-0.2, 0) is 19.3 Å². The molecule has 3 rings (SSSR count). The fourth-order valence-electron chi connectivity index (χ4n) is 2.70. The van der Waals surface area contributed by atoms with Gasteiger partial charge in [-0.05, 0) is 52.0 Å². The molecule has 2 aromatic rings. The lowest BCUT2D eigenvalue weighted by Crippen LogP contribution is -2.41. The topological polar surface area (TPSA) is 86.8 Å². The molecule has 0 saturated carbocycles. The van der Waals surface area contributed by atoms with E-state index in [0.29, 0.717) is 5.46 Å². The van der Waals surface area contributed by atoms with Gasteiger partial charge >= 0.3 is 7.12 Å². The average Bonchev–Trinajstić information content (AvgIpc) is 2.84. The third kappa shape index (κ3) is 4.34. The predicted molar refractivity (Wildman–Crippen MR) is 114 cm³/mol. The summed E-state index contributed by atoms with van der Waals surface area (Å²) in [6.45, 7) is 7.70. The second kappa shape index (κ2) is 7.63. The van der Waals surface area contributed by atoms with E-state index in [1.807, 2.05) is 27.7 Å². The van der Waals surface area contributed by atoms with E-state index in [4.69, 9.17) is 37.2 Å². The molecule has 2 heterocycles. The first-order valence-electron chi connectivity index (χ1n) is 8.74. The zero-order valence-corrected chi connectivity index (χ0v) is 18.9. The molecule has 7 nitrogen and oxygen atoms in total. The normalized spacial score (nSPS) is 18.0. The summed E-state index contributed by atoms with van der Waals surface area (Å²) in [5, 5.41) is 0.279. The highest BCUT2D eigenvalue weighted by Gasteiger charge is 2.52. The first-order valence-corrected chi connectivity index (χ1v) is 11.0. The third-order valence-corrected chi connectivity index (χ3v) is 7.10. The van der Waals surface area contributed by atoms with Gasteiger partial charge in [0.2, 0.25) is 5.88 Å². The van der Waals surface area contributed by atoms with Gasteiger partial charge in [0.15, 0.2) is 0 Å². The first-order chi connectivity index (χ1) is 13.4. The van der Waals surface area contributed by atoms with E-state index in [1.54, 1.807) is 6.07 Å². The highest BCUT2D eigenvalue weighted by molar-refractivity contribution is 7.92. The summed E-state index contributed by atoms with van der Waals surface area (Å²) in [7, 11) is -3.37. The standard InChI is InChI=1S/C18H21BCl2N2O5S/c1-17(2)18(3,4)28-19(27-17)11-8-14(16(26-5)22-10-11)23-29(24,25)15-9-12(20)6-7-13(15)21/h6-10,23H,1-5H3. The molecule has 0 spiro atoms. The molecule has 1 saturated heterocycles. The van der Waals surface area contributed by atoms with Crippen molar-refractivity contribution >= 4 is 51.5 Å². The highest BCUT2D eigenvalue weighted by Crippen LogP contribution is 2.37. The van der Waals surface area contributed by atoms with E-state index in [-0.39, 0.29) is 26.5 Å². The molecule has 0 bridgehead atoms. The van der Waals surface area contributed by atoms with Crippen molar-refractivity contribution in [2.75, 3.05) is 11.8 Å². The van der Waals surface area contributed by atoms with Crippen molar-refractivity contribution in [3.05, 3.63) is 40.5 Å². The molecule has 1 N–H and O–H groups in total. The van der Waals surface area contributed by atoms with Gasteiger partial charge in [0.1, 0.15) is 10.6 Å². The van der Waals surface area contributed by atoms with Gasteiger partial charge in [0.05, 0.1) is 23.3 Å². The van der Waals surface area contributed by atoms with Crippen LogP contribution < -0.4 is 14.9 Å². The second-order valence-electron chi connectivity index (χ2n) is 7.59. The first kappa shape index (κ1) is 22.2. The number of benzene rings is 1. The molecular formula is C18H21BCl2N2O5S. The zero-order chi connectivity index (χ0) is 21.6. The summed E-state index contributed by atoms with van der Waals surface area (Å²) < 4.78 is 45.4. The molecule has 1 aliphatic rings. The number of rotatable bonds is 5. The van der Waals surface area contributed by atoms with Gasteiger partial charge in [0, 0.05) is 16.7 Å². The molecule has 1 aromatic carbocycles. The fourth-order valence-corrected chi connectivity index (χ4v) is 4.51. The van der Waals surface area contributed by atoms with E-state index in [2.05, 4.69) is 9.71 Å². The summed E-state index contributed by atoms with van der Waals surface area (Å²) in [6.07, 6.45) is 1.52. The molecule has 11 heteroatoms. The Kier molecular flexibility index (Phi) is 5.83. The number of ether oxygens (including phenoxy) is 1. The van der Waals surface area contributed by atoms with E-state index < -0.39 is 28.3 Å². The number of sulfonamides is 1. The summed E-state index contributed by atoms with van der Waals surface area (Å²) in [5.41, 5.74) is -0.438. The van der Waals surface area contributed by atoms with Crippen molar-refractivity contribution in [2.24, 2.45) is 0 Å². The van der Waals surface area contributed by atoms with Crippen LogP contribution in [0, 0.1) is 0 Å². The minimum atomic E-state index is -4.05. The number of anilines is 1. The lowest BCUT2D eigenvalue weighted by Gasteiger charge is -2.32. The van der Waals surface area contributed by atoms with Crippen LogP contribution in [0.5, 0.6) is 5.88 Å². The van der Waals surface area contributed by atoms with Crippen molar-refractivity contribution in [2.45, 2.75) is 43.8 Å². The van der Waals surface area contributed by atoms with E-state index in [1.165, 1.54) is 31.5 Å². The minimum absolute atomic E-state index is 0.0379. The SMILES string of the molecule is COc1ncc(B2OC(C)(C)C(C)(C)O2)cc1NS(=O)(=O)c1cc(Cl)ccc1Cl. The van der Waals surface area contributed by atoms with Gasteiger partial charge in [-0.2, -0.15) is 0 Å². The van der Waals surface area contributed by atoms with E-state index in [0.717, 1.165) is 0 Å². The molecule has 156 valence electrons. The second-order valence-corrected chi connectivity index (χ2v) is 10.1. The Balaban J connectivity index is 1.98. The van der Waals surface area contributed by atoms with Crippen molar-refractivity contribution in [1.82, 2.24) is 4.98 Å². The molecule has 1 fully saturated rings. The molecule has 0 atom stereocenters. The Morgan fingerprint density at radius 3 is 2.31 bits per heavy atom. The fraction of sp³-hybridized carbons (Fsp3) is 0.389. The predicted octanol–water partition coefficient (Wildman–Crippen LogP) is 3.50. The lowest BCUT2D eigenvalue weighted by molar-refractivity contribution is 0.00578. The molecular weight excluding hydrogens is 438 g/mol. The number of nitrogens with zero attached hydrogens (tertiary/aromatic N) is 1. The van der Waals surface area contributed by atoms with E-state index in [9.17, 15) is 8.42 Å². The van der Waals surface area contributed by atoms with Gasteiger partial charge in [-0.15, -0.1) is 0 Å². The van der Waals surface area contributed by atoms with Crippen LogP contribution in [-0.4, -0.2) is 38.8 Å². The smallest absolute Gasteiger partial charge is 0.480 e. The molecule has 1 aromatic heterocycles. The maximum atomic E-state index is 12.9. The number of methoxy groups -OCH3 is 1. The molecule has 0 amide bonds. The maximum Gasteiger partial charge on any atom is 0.496 e. The molecule has 0 aliphatic carbocycles. The lowest BCUT2D eigenvalue weighted by atomic mass is 9.80. The van der Waals surface area contributed by atoms with Crippen molar-refractivity contribution in [3.63, 3.8) is 0 Å². The largest absolute Gasteiger partial charge is 0.496 e. The van der Waals surface area contributed by atoms with Crippen LogP contribution in [0.2, 0.25) is 10.0 Å². The Morgan fingerprint density at radius 2 is 1.72 bits per heavy atom. The van der Waals surface area contributed by atoms with Gasteiger partial charge < -0.3 is 14.0 Å². The summed E-state index contributed by atoms with van der Waals surface area (Å²) in [4.78, 5) is 4.03. The molecule has 0 unspecified atom stereocenters. The van der Waals surface area contributed by atoms with Crippen molar-refractivity contribution < 1.29 is 22.5 Å². The van der Waals surface area contributed by atoms with Crippen LogP contribution >= 0.6 is 23.2 Å². The Bertz CT molecular complexity index is 1030. The number of hydrogen-bond donors (Lipinski definition) is 1. The number of halogens is 2. The average molecular weight is 459 g/mol. The van der Waals surface area contributed by atoms with Crippen LogP contribution in [0.25, 0.3) is 0 Å². The summed E-state index contributed by atoms with van der Waals surface area (Å²) in [6, 6.07) is 5.74. The summed E-state index contributed by atoms with van der Waals surface area (Å²) >= 11 is 12.0. The highest BCUT2D eigenvalue weighted by atomic mass is 35.5. The van der Waals surface area contributed by atoms with Crippen molar-refractivity contribution in [1.29, 1.82) is 0 Å². The number of aromatic nitrogens is 1. The number of hydrogen-bond acceptors (Lipinski definition) is 6. The van der Waals surface area contributed by atoms with Crippen LogP contribution in [0.4, 0.5) is 5.69 Å². The third-order valence-electron chi connectivity index (χ3n) is 5.02. The van der Waals surface area contributed by atoms with Gasteiger partial charge in [-0.25, -0.2) is 13.4 Å².